The number of aryl methyl sites for hydroxylation is 1. The van der Waals surface area contributed by atoms with Gasteiger partial charge in [0.1, 0.15) is 23.9 Å². The van der Waals surface area contributed by atoms with Gasteiger partial charge in [0.25, 0.3) is 0 Å². The monoisotopic (exact) mass is 279 g/mol. The van der Waals surface area contributed by atoms with Gasteiger partial charge in [-0.05, 0) is 24.1 Å². The van der Waals surface area contributed by atoms with Crippen LogP contribution in [-0.2, 0) is 6.42 Å². The molecule has 2 atom stereocenters. The number of rotatable bonds is 2. The van der Waals surface area contributed by atoms with Crippen molar-refractivity contribution in [3.63, 3.8) is 0 Å². The van der Waals surface area contributed by atoms with Crippen LogP contribution in [0.15, 0.2) is 48.5 Å². The van der Waals surface area contributed by atoms with Gasteiger partial charge >= 0.3 is 0 Å². The first-order chi connectivity index (χ1) is 10.1. The Kier molecular flexibility index (Phi) is 3.40. The van der Waals surface area contributed by atoms with E-state index in [4.69, 9.17) is 4.74 Å². The summed E-state index contributed by atoms with van der Waals surface area (Å²) in [5.41, 5.74) is 1.86. The fourth-order valence-corrected chi connectivity index (χ4v) is 2.86. The van der Waals surface area contributed by atoms with Crippen molar-refractivity contribution >= 4 is 0 Å². The van der Waals surface area contributed by atoms with E-state index in [0.29, 0.717) is 6.42 Å². The molecule has 1 N–H and O–H groups in total. The lowest BCUT2D eigenvalue weighted by Crippen LogP contribution is -2.39. The van der Waals surface area contributed by atoms with E-state index in [1.54, 1.807) is 0 Å². The zero-order chi connectivity index (χ0) is 14.9. The normalized spacial score (nSPS) is 21.8. The van der Waals surface area contributed by atoms with Crippen molar-refractivity contribution in [2.45, 2.75) is 19.4 Å². The van der Waals surface area contributed by atoms with Crippen molar-refractivity contribution < 1.29 is 9.84 Å². The minimum Gasteiger partial charge on any atom is -0.492 e. The van der Waals surface area contributed by atoms with Gasteiger partial charge in [0.05, 0.1) is 6.07 Å². The maximum absolute atomic E-state index is 10.7. The van der Waals surface area contributed by atoms with E-state index in [1.165, 1.54) is 0 Å². The number of benzene rings is 2. The van der Waals surface area contributed by atoms with Gasteiger partial charge in [-0.1, -0.05) is 48.0 Å². The van der Waals surface area contributed by atoms with Crippen LogP contribution in [0.5, 0.6) is 5.75 Å². The smallest absolute Gasteiger partial charge is 0.125 e. The molecule has 106 valence electrons. The number of hydrogen-bond acceptors (Lipinski definition) is 3. The van der Waals surface area contributed by atoms with Gasteiger partial charge in [-0.2, -0.15) is 5.26 Å². The molecule has 0 saturated carbocycles. The second kappa shape index (κ2) is 5.23. The van der Waals surface area contributed by atoms with Gasteiger partial charge in [0, 0.05) is 6.42 Å². The molecule has 0 amide bonds. The highest BCUT2D eigenvalue weighted by molar-refractivity contribution is 5.39. The Morgan fingerprint density at radius 3 is 2.81 bits per heavy atom. The standard InChI is InChI=1S/C18H17NO2/c1-13-5-4-7-14(9-13)17(20)18(11-19)10-15-6-2-3-8-16(15)21-12-18/h2-9,17,20H,10,12H2,1H3. The molecule has 0 fully saturated rings. The van der Waals surface area contributed by atoms with Crippen molar-refractivity contribution in [3.8, 4) is 11.8 Å². The van der Waals surface area contributed by atoms with Crippen LogP contribution in [0.4, 0.5) is 0 Å². The number of nitrogens with zero attached hydrogens (tertiary/aromatic N) is 1. The molecule has 1 aliphatic heterocycles. The van der Waals surface area contributed by atoms with Crippen LogP contribution in [-0.4, -0.2) is 11.7 Å². The first kappa shape index (κ1) is 13.7. The predicted octanol–water partition coefficient (Wildman–Crippen LogP) is 3.17. The van der Waals surface area contributed by atoms with Gasteiger partial charge in [-0.3, -0.25) is 0 Å². The predicted molar refractivity (Wildman–Crippen MR) is 79.8 cm³/mol. The molecule has 3 nitrogen and oxygen atoms in total. The van der Waals surface area contributed by atoms with Crippen LogP contribution >= 0.6 is 0 Å². The molecule has 0 saturated heterocycles. The summed E-state index contributed by atoms with van der Waals surface area (Å²) >= 11 is 0. The zero-order valence-corrected chi connectivity index (χ0v) is 11.9. The van der Waals surface area contributed by atoms with Gasteiger partial charge in [0.2, 0.25) is 0 Å². The summed E-state index contributed by atoms with van der Waals surface area (Å²) in [7, 11) is 0. The van der Waals surface area contributed by atoms with E-state index in [2.05, 4.69) is 6.07 Å². The summed E-state index contributed by atoms with van der Waals surface area (Å²) in [5.74, 6) is 0.805. The number of aliphatic hydroxyl groups excluding tert-OH is 1. The van der Waals surface area contributed by atoms with Crippen LogP contribution in [0.1, 0.15) is 22.8 Å². The average molecular weight is 279 g/mol. The summed E-state index contributed by atoms with van der Waals surface area (Å²) in [5, 5.41) is 20.4. The molecule has 1 aliphatic rings. The third-order valence-corrected chi connectivity index (χ3v) is 4.07. The Balaban J connectivity index is 1.97. The largest absolute Gasteiger partial charge is 0.492 e. The lowest BCUT2D eigenvalue weighted by atomic mass is 9.74. The fourth-order valence-electron chi connectivity index (χ4n) is 2.86. The lowest BCUT2D eigenvalue weighted by Gasteiger charge is -2.36. The molecule has 2 aromatic carbocycles. The highest BCUT2D eigenvalue weighted by Crippen LogP contribution is 2.42. The molecule has 2 aromatic rings. The highest BCUT2D eigenvalue weighted by Gasteiger charge is 2.43. The van der Waals surface area contributed by atoms with Crippen LogP contribution in [0.3, 0.4) is 0 Å². The van der Waals surface area contributed by atoms with Gasteiger partial charge in [0.15, 0.2) is 0 Å². The average Bonchev–Trinajstić information content (AvgIpc) is 2.53. The molecular weight excluding hydrogens is 262 g/mol. The zero-order valence-electron chi connectivity index (χ0n) is 11.9. The topological polar surface area (TPSA) is 53.2 Å². The Bertz CT molecular complexity index is 704. The third kappa shape index (κ3) is 2.39. The number of para-hydroxylation sites is 1. The minimum atomic E-state index is -0.942. The molecule has 3 rings (SSSR count). The molecule has 0 radical (unpaired) electrons. The maximum atomic E-state index is 10.7. The van der Waals surface area contributed by atoms with Gasteiger partial charge in [-0.15, -0.1) is 0 Å². The minimum absolute atomic E-state index is 0.204. The van der Waals surface area contributed by atoms with Crippen molar-refractivity contribution in [3.05, 3.63) is 65.2 Å². The number of ether oxygens (including phenoxy) is 1. The van der Waals surface area contributed by atoms with Crippen molar-refractivity contribution in [2.24, 2.45) is 5.41 Å². The highest BCUT2D eigenvalue weighted by atomic mass is 16.5. The van der Waals surface area contributed by atoms with Crippen LogP contribution in [0.2, 0.25) is 0 Å². The molecule has 0 spiro atoms. The number of aliphatic hydroxyl groups is 1. The van der Waals surface area contributed by atoms with E-state index < -0.39 is 11.5 Å². The van der Waals surface area contributed by atoms with E-state index in [1.807, 2.05) is 55.5 Å². The summed E-state index contributed by atoms with van der Waals surface area (Å²) in [6, 6.07) is 17.6. The second-order valence-corrected chi connectivity index (χ2v) is 5.66. The van der Waals surface area contributed by atoms with Crippen LogP contribution in [0.25, 0.3) is 0 Å². The van der Waals surface area contributed by atoms with Crippen molar-refractivity contribution in [2.75, 3.05) is 6.61 Å². The Morgan fingerprint density at radius 2 is 2.05 bits per heavy atom. The Morgan fingerprint density at radius 1 is 1.24 bits per heavy atom. The first-order valence-corrected chi connectivity index (χ1v) is 7.01. The van der Waals surface area contributed by atoms with Gasteiger partial charge < -0.3 is 9.84 Å². The lowest BCUT2D eigenvalue weighted by molar-refractivity contribution is 0.0171. The molecule has 0 aromatic heterocycles. The van der Waals surface area contributed by atoms with Gasteiger partial charge in [-0.25, -0.2) is 0 Å². The van der Waals surface area contributed by atoms with Crippen molar-refractivity contribution in [1.82, 2.24) is 0 Å². The molecule has 2 unspecified atom stereocenters. The quantitative estimate of drug-likeness (QED) is 0.918. The summed E-state index contributed by atoms with van der Waals surface area (Å²) in [6.45, 7) is 2.18. The van der Waals surface area contributed by atoms with E-state index >= 15 is 0 Å². The molecular formula is C18H17NO2. The van der Waals surface area contributed by atoms with E-state index in [9.17, 15) is 10.4 Å². The Labute approximate surface area is 124 Å². The molecule has 3 heteroatoms. The Hall–Kier alpha value is -2.31. The first-order valence-electron chi connectivity index (χ1n) is 7.01. The summed E-state index contributed by atoms with van der Waals surface area (Å²) in [4.78, 5) is 0. The molecule has 1 heterocycles. The van der Waals surface area contributed by atoms with E-state index in [0.717, 1.165) is 22.4 Å². The maximum Gasteiger partial charge on any atom is 0.125 e. The second-order valence-electron chi connectivity index (χ2n) is 5.66. The van der Waals surface area contributed by atoms with Crippen LogP contribution in [0, 0.1) is 23.7 Å². The molecule has 0 aliphatic carbocycles. The van der Waals surface area contributed by atoms with Crippen molar-refractivity contribution in [1.29, 1.82) is 5.26 Å². The fraction of sp³-hybridized carbons (Fsp3) is 0.278. The molecule has 21 heavy (non-hydrogen) atoms. The number of hydrogen-bond donors (Lipinski definition) is 1. The number of nitriles is 1. The summed E-state index contributed by atoms with van der Waals surface area (Å²) < 4.78 is 5.72. The summed E-state index contributed by atoms with van der Waals surface area (Å²) in [6.07, 6.45) is -0.370. The van der Waals surface area contributed by atoms with Crippen LogP contribution < -0.4 is 4.74 Å². The molecule has 0 bridgehead atoms. The number of fused-ring (bicyclic) bond motifs is 1. The van der Waals surface area contributed by atoms with E-state index in [-0.39, 0.29) is 6.61 Å². The third-order valence-electron chi connectivity index (χ3n) is 4.07. The SMILES string of the molecule is Cc1cccc(C(O)C2(C#N)COc3ccccc3C2)c1.